The van der Waals surface area contributed by atoms with E-state index in [1.165, 1.54) is 12.3 Å². The van der Waals surface area contributed by atoms with E-state index in [9.17, 15) is 4.79 Å². The van der Waals surface area contributed by atoms with E-state index in [1.807, 2.05) is 0 Å². The first-order valence-electron chi connectivity index (χ1n) is 5.80. The van der Waals surface area contributed by atoms with Crippen LogP contribution in [0.15, 0.2) is 57.7 Å². The summed E-state index contributed by atoms with van der Waals surface area (Å²) in [5.74, 6) is 0.527. The molecule has 0 aliphatic rings. The molecule has 3 aromatic rings. The Morgan fingerprint density at radius 2 is 2.05 bits per heavy atom. The normalized spacial score (nSPS) is 10.4. The summed E-state index contributed by atoms with van der Waals surface area (Å²) < 4.78 is 10.2. The van der Waals surface area contributed by atoms with Crippen molar-refractivity contribution < 1.29 is 13.7 Å². The van der Waals surface area contributed by atoms with Crippen molar-refractivity contribution in [2.75, 3.05) is 5.32 Å². The molecular formula is C14H9ClN2O3. The summed E-state index contributed by atoms with van der Waals surface area (Å²) in [5.41, 5.74) is 0.751. The molecule has 0 fully saturated rings. The third kappa shape index (κ3) is 2.57. The predicted octanol–water partition coefficient (Wildman–Crippen LogP) is 3.84. The van der Waals surface area contributed by atoms with Crippen molar-refractivity contribution in [2.45, 2.75) is 0 Å². The van der Waals surface area contributed by atoms with E-state index < -0.39 is 0 Å². The number of halogens is 1. The van der Waals surface area contributed by atoms with Crippen molar-refractivity contribution in [1.82, 2.24) is 5.16 Å². The molecule has 2 heterocycles. The first kappa shape index (κ1) is 12.5. The molecule has 0 spiro atoms. The number of carbonyl (C=O) groups is 1. The lowest BCUT2D eigenvalue weighted by atomic mass is 10.3. The number of amides is 1. The highest BCUT2D eigenvalue weighted by atomic mass is 35.5. The standard InChI is InChI=1S/C14H9ClN2O3/c15-9-3-1-4-10(7-9)16-14(18)11-8-13(20-17-11)12-5-2-6-19-12/h1-8H,(H,16,18). The van der Waals surface area contributed by atoms with Crippen LogP contribution in [0.25, 0.3) is 11.5 Å². The molecule has 100 valence electrons. The second kappa shape index (κ2) is 5.22. The number of furan rings is 1. The maximum Gasteiger partial charge on any atom is 0.277 e. The van der Waals surface area contributed by atoms with Crippen LogP contribution in [0, 0.1) is 0 Å². The van der Waals surface area contributed by atoms with Crippen LogP contribution in [-0.2, 0) is 0 Å². The van der Waals surface area contributed by atoms with Gasteiger partial charge in [0.2, 0.25) is 5.76 Å². The van der Waals surface area contributed by atoms with E-state index in [1.54, 1.807) is 36.4 Å². The molecule has 6 heteroatoms. The predicted molar refractivity (Wildman–Crippen MR) is 73.6 cm³/mol. The minimum Gasteiger partial charge on any atom is -0.461 e. The SMILES string of the molecule is O=C(Nc1cccc(Cl)c1)c1cc(-c2ccco2)on1. The van der Waals surface area contributed by atoms with Crippen molar-refractivity contribution in [3.63, 3.8) is 0 Å². The summed E-state index contributed by atoms with van der Waals surface area (Å²) in [6.07, 6.45) is 1.52. The van der Waals surface area contributed by atoms with Gasteiger partial charge in [-0.3, -0.25) is 4.79 Å². The summed E-state index contributed by atoms with van der Waals surface area (Å²) >= 11 is 5.85. The van der Waals surface area contributed by atoms with Crippen molar-refractivity contribution in [2.24, 2.45) is 0 Å². The zero-order chi connectivity index (χ0) is 13.9. The first-order chi connectivity index (χ1) is 9.72. The lowest BCUT2D eigenvalue weighted by Crippen LogP contribution is -2.11. The molecule has 1 aromatic carbocycles. The molecule has 0 saturated heterocycles. The van der Waals surface area contributed by atoms with Crippen LogP contribution in [0.3, 0.4) is 0 Å². The van der Waals surface area contributed by atoms with Crippen molar-refractivity contribution in [1.29, 1.82) is 0 Å². The number of rotatable bonds is 3. The van der Waals surface area contributed by atoms with Gasteiger partial charge in [-0.25, -0.2) is 0 Å². The van der Waals surface area contributed by atoms with Gasteiger partial charge in [0.05, 0.1) is 6.26 Å². The number of nitrogens with zero attached hydrogens (tertiary/aromatic N) is 1. The Bertz CT molecular complexity index is 734. The van der Waals surface area contributed by atoms with E-state index in [0.29, 0.717) is 22.2 Å². The number of hydrogen-bond acceptors (Lipinski definition) is 4. The number of hydrogen-bond donors (Lipinski definition) is 1. The zero-order valence-electron chi connectivity index (χ0n) is 10.2. The Labute approximate surface area is 119 Å². The van der Waals surface area contributed by atoms with Crippen LogP contribution in [-0.4, -0.2) is 11.1 Å². The fraction of sp³-hybridized carbons (Fsp3) is 0. The average Bonchev–Trinajstić information content (AvgIpc) is 3.10. The van der Waals surface area contributed by atoms with Crippen LogP contribution in [0.4, 0.5) is 5.69 Å². The molecule has 1 N–H and O–H groups in total. The van der Waals surface area contributed by atoms with Crippen LogP contribution in [0.2, 0.25) is 5.02 Å². The minimum atomic E-state index is -0.381. The molecular weight excluding hydrogens is 280 g/mol. The highest BCUT2D eigenvalue weighted by molar-refractivity contribution is 6.30. The second-order valence-electron chi connectivity index (χ2n) is 4.02. The van der Waals surface area contributed by atoms with Crippen LogP contribution in [0.1, 0.15) is 10.5 Å². The van der Waals surface area contributed by atoms with Gasteiger partial charge in [0.15, 0.2) is 11.5 Å². The van der Waals surface area contributed by atoms with Gasteiger partial charge >= 0.3 is 0 Å². The van der Waals surface area contributed by atoms with Gasteiger partial charge in [-0.2, -0.15) is 0 Å². The molecule has 0 unspecified atom stereocenters. The monoisotopic (exact) mass is 288 g/mol. The molecule has 0 atom stereocenters. The van der Waals surface area contributed by atoms with E-state index in [2.05, 4.69) is 10.5 Å². The highest BCUT2D eigenvalue weighted by Crippen LogP contribution is 2.21. The lowest BCUT2D eigenvalue weighted by molar-refractivity contribution is 0.101. The first-order valence-corrected chi connectivity index (χ1v) is 6.18. The van der Waals surface area contributed by atoms with Crippen LogP contribution >= 0.6 is 11.6 Å². The Hall–Kier alpha value is -2.53. The Kier molecular flexibility index (Phi) is 3.26. The number of nitrogens with one attached hydrogen (secondary N) is 1. The summed E-state index contributed by atoms with van der Waals surface area (Å²) in [6.45, 7) is 0. The Balaban J connectivity index is 1.78. The molecule has 0 aliphatic carbocycles. The smallest absolute Gasteiger partial charge is 0.277 e. The molecule has 0 radical (unpaired) electrons. The summed E-state index contributed by atoms with van der Waals surface area (Å²) in [5, 5.41) is 6.93. The summed E-state index contributed by atoms with van der Waals surface area (Å²) in [4.78, 5) is 12.0. The number of benzene rings is 1. The van der Waals surface area contributed by atoms with Crippen molar-refractivity contribution in [3.8, 4) is 11.5 Å². The molecule has 2 aromatic heterocycles. The molecule has 0 aliphatic heterocycles. The maximum atomic E-state index is 12.0. The fourth-order valence-electron chi connectivity index (χ4n) is 1.68. The Morgan fingerprint density at radius 1 is 1.15 bits per heavy atom. The third-order valence-corrected chi connectivity index (χ3v) is 2.82. The topological polar surface area (TPSA) is 68.3 Å². The number of carbonyl (C=O) groups excluding carboxylic acids is 1. The molecule has 0 bridgehead atoms. The van der Waals surface area contributed by atoms with Gasteiger partial charge in [0.1, 0.15) is 0 Å². The maximum absolute atomic E-state index is 12.0. The summed E-state index contributed by atoms with van der Waals surface area (Å²) in [6, 6.07) is 11.8. The van der Waals surface area contributed by atoms with Crippen LogP contribution < -0.4 is 5.32 Å². The van der Waals surface area contributed by atoms with Gasteiger partial charge in [0, 0.05) is 16.8 Å². The largest absolute Gasteiger partial charge is 0.461 e. The van der Waals surface area contributed by atoms with E-state index in [4.69, 9.17) is 20.5 Å². The lowest BCUT2D eigenvalue weighted by Gasteiger charge is -2.02. The van der Waals surface area contributed by atoms with Crippen molar-refractivity contribution >= 4 is 23.2 Å². The number of aromatic nitrogens is 1. The van der Waals surface area contributed by atoms with Crippen LogP contribution in [0.5, 0.6) is 0 Å². The van der Waals surface area contributed by atoms with E-state index in [0.717, 1.165) is 0 Å². The average molecular weight is 289 g/mol. The number of anilines is 1. The van der Waals surface area contributed by atoms with Gasteiger partial charge in [-0.1, -0.05) is 22.8 Å². The molecule has 3 rings (SSSR count). The second-order valence-corrected chi connectivity index (χ2v) is 4.45. The summed E-state index contributed by atoms with van der Waals surface area (Å²) in [7, 11) is 0. The molecule has 5 nitrogen and oxygen atoms in total. The third-order valence-electron chi connectivity index (χ3n) is 2.59. The minimum absolute atomic E-state index is 0.163. The van der Waals surface area contributed by atoms with Gasteiger partial charge < -0.3 is 14.3 Å². The fourth-order valence-corrected chi connectivity index (χ4v) is 1.87. The molecule has 0 saturated carbocycles. The Morgan fingerprint density at radius 3 is 2.80 bits per heavy atom. The van der Waals surface area contributed by atoms with Crippen molar-refractivity contribution in [3.05, 3.63) is 59.4 Å². The van der Waals surface area contributed by atoms with Gasteiger partial charge in [-0.05, 0) is 30.3 Å². The van der Waals surface area contributed by atoms with E-state index >= 15 is 0 Å². The highest BCUT2D eigenvalue weighted by Gasteiger charge is 2.15. The van der Waals surface area contributed by atoms with Gasteiger partial charge in [-0.15, -0.1) is 0 Å². The molecule has 20 heavy (non-hydrogen) atoms. The molecule has 1 amide bonds. The van der Waals surface area contributed by atoms with E-state index in [-0.39, 0.29) is 11.6 Å². The quantitative estimate of drug-likeness (QED) is 0.795. The van der Waals surface area contributed by atoms with Gasteiger partial charge in [0.25, 0.3) is 5.91 Å². The zero-order valence-corrected chi connectivity index (χ0v) is 10.9.